The summed E-state index contributed by atoms with van der Waals surface area (Å²) in [5.74, 6) is -0.373. The first-order valence-electron chi connectivity index (χ1n) is 5.65. The SMILES string of the molecule is Cn1cc(CN)c(NC(=O)C2CCS(=O)(=O)C2)n1. The molecular weight excluding hydrogens is 256 g/mol. The van der Waals surface area contributed by atoms with Crippen molar-refractivity contribution in [3.63, 3.8) is 0 Å². The number of nitrogens with two attached hydrogens (primary N) is 1. The summed E-state index contributed by atoms with van der Waals surface area (Å²) < 4.78 is 24.2. The minimum atomic E-state index is -3.05. The third-order valence-corrected chi connectivity index (χ3v) is 4.74. The number of amides is 1. The lowest BCUT2D eigenvalue weighted by molar-refractivity contribution is -0.119. The molecule has 0 aromatic carbocycles. The molecule has 0 radical (unpaired) electrons. The van der Waals surface area contributed by atoms with Crippen molar-refractivity contribution in [2.75, 3.05) is 16.8 Å². The normalized spacial score (nSPS) is 22.0. The van der Waals surface area contributed by atoms with Gasteiger partial charge in [-0.25, -0.2) is 8.42 Å². The summed E-state index contributed by atoms with van der Waals surface area (Å²) in [6, 6.07) is 0. The van der Waals surface area contributed by atoms with Gasteiger partial charge in [0.2, 0.25) is 5.91 Å². The lowest BCUT2D eigenvalue weighted by Crippen LogP contribution is -2.24. The molecule has 2 heterocycles. The Hall–Kier alpha value is -1.41. The number of rotatable bonds is 3. The molecule has 1 aliphatic rings. The number of nitrogens with zero attached hydrogens (tertiary/aromatic N) is 2. The molecule has 100 valence electrons. The van der Waals surface area contributed by atoms with Crippen LogP contribution in [0.15, 0.2) is 6.20 Å². The van der Waals surface area contributed by atoms with E-state index in [4.69, 9.17) is 5.73 Å². The van der Waals surface area contributed by atoms with Crippen molar-refractivity contribution in [2.45, 2.75) is 13.0 Å². The lowest BCUT2D eigenvalue weighted by atomic mass is 10.1. The predicted octanol–water partition coefficient (Wildman–Crippen LogP) is -0.748. The van der Waals surface area contributed by atoms with Gasteiger partial charge in [0.25, 0.3) is 0 Å². The molecule has 1 aromatic rings. The molecule has 1 saturated heterocycles. The summed E-state index contributed by atoms with van der Waals surface area (Å²) in [6.07, 6.45) is 2.10. The molecule has 7 nitrogen and oxygen atoms in total. The highest BCUT2D eigenvalue weighted by Crippen LogP contribution is 2.21. The molecule has 3 N–H and O–H groups in total. The fraction of sp³-hybridized carbons (Fsp3) is 0.600. The quantitative estimate of drug-likeness (QED) is 0.753. The number of carbonyl (C=O) groups excluding carboxylic acids is 1. The molecule has 1 aromatic heterocycles. The van der Waals surface area contributed by atoms with Crippen molar-refractivity contribution in [2.24, 2.45) is 18.7 Å². The van der Waals surface area contributed by atoms with Gasteiger partial charge in [0, 0.05) is 25.4 Å². The maximum atomic E-state index is 11.9. The number of carbonyl (C=O) groups is 1. The number of nitrogens with one attached hydrogen (secondary N) is 1. The Kier molecular flexibility index (Phi) is 3.40. The average molecular weight is 272 g/mol. The Bertz CT molecular complexity index is 564. The van der Waals surface area contributed by atoms with Gasteiger partial charge >= 0.3 is 0 Å². The molecule has 1 fully saturated rings. The van der Waals surface area contributed by atoms with Gasteiger partial charge in [-0.1, -0.05) is 0 Å². The van der Waals surface area contributed by atoms with Crippen LogP contribution >= 0.6 is 0 Å². The highest BCUT2D eigenvalue weighted by Gasteiger charge is 2.33. The molecule has 0 spiro atoms. The maximum Gasteiger partial charge on any atom is 0.229 e. The molecule has 1 atom stereocenters. The van der Waals surface area contributed by atoms with E-state index in [0.717, 1.165) is 5.56 Å². The average Bonchev–Trinajstić information content (AvgIpc) is 2.81. The highest BCUT2D eigenvalue weighted by molar-refractivity contribution is 7.91. The Balaban J connectivity index is 2.08. The van der Waals surface area contributed by atoms with Crippen molar-refractivity contribution < 1.29 is 13.2 Å². The molecular formula is C10H16N4O3S. The topological polar surface area (TPSA) is 107 Å². The first-order chi connectivity index (χ1) is 8.41. The molecule has 0 aliphatic carbocycles. The van der Waals surface area contributed by atoms with Crippen LogP contribution in [0.5, 0.6) is 0 Å². The van der Waals surface area contributed by atoms with Crippen LogP contribution in [-0.2, 0) is 28.2 Å². The smallest absolute Gasteiger partial charge is 0.229 e. The molecule has 18 heavy (non-hydrogen) atoms. The third kappa shape index (κ3) is 2.70. The van der Waals surface area contributed by atoms with Crippen LogP contribution < -0.4 is 11.1 Å². The van der Waals surface area contributed by atoms with Crippen molar-refractivity contribution in [1.82, 2.24) is 9.78 Å². The Labute approximate surface area is 105 Å². The zero-order valence-electron chi connectivity index (χ0n) is 10.1. The van der Waals surface area contributed by atoms with Crippen LogP contribution in [0.3, 0.4) is 0 Å². The third-order valence-electron chi connectivity index (χ3n) is 2.97. The summed E-state index contributed by atoms with van der Waals surface area (Å²) in [7, 11) is -1.32. The van der Waals surface area contributed by atoms with E-state index in [0.29, 0.717) is 12.2 Å². The van der Waals surface area contributed by atoms with Crippen molar-refractivity contribution in [1.29, 1.82) is 0 Å². The van der Waals surface area contributed by atoms with Gasteiger partial charge in [-0.15, -0.1) is 0 Å². The highest BCUT2D eigenvalue weighted by atomic mass is 32.2. The summed E-state index contributed by atoms with van der Waals surface area (Å²) in [4.78, 5) is 11.9. The largest absolute Gasteiger partial charge is 0.326 e. The fourth-order valence-electron chi connectivity index (χ4n) is 2.01. The molecule has 8 heteroatoms. The van der Waals surface area contributed by atoms with Gasteiger partial charge in [0.1, 0.15) is 0 Å². The summed E-state index contributed by atoms with van der Waals surface area (Å²) in [5, 5.41) is 6.73. The van der Waals surface area contributed by atoms with E-state index >= 15 is 0 Å². The van der Waals surface area contributed by atoms with Crippen molar-refractivity contribution in [3.8, 4) is 0 Å². The van der Waals surface area contributed by atoms with E-state index in [-0.39, 0.29) is 24.0 Å². The summed E-state index contributed by atoms with van der Waals surface area (Å²) >= 11 is 0. The number of anilines is 1. The molecule has 0 bridgehead atoms. The number of sulfone groups is 1. The van der Waals surface area contributed by atoms with E-state index in [1.807, 2.05) is 0 Å². The van der Waals surface area contributed by atoms with Crippen LogP contribution in [0.25, 0.3) is 0 Å². The van der Waals surface area contributed by atoms with Gasteiger partial charge in [-0.2, -0.15) is 5.10 Å². The second-order valence-electron chi connectivity index (χ2n) is 4.47. The number of hydrogen-bond donors (Lipinski definition) is 2. The lowest BCUT2D eigenvalue weighted by Gasteiger charge is -2.08. The second kappa shape index (κ2) is 4.69. The first-order valence-corrected chi connectivity index (χ1v) is 7.47. The van der Waals surface area contributed by atoms with E-state index in [2.05, 4.69) is 10.4 Å². The number of hydrogen-bond acceptors (Lipinski definition) is 5. The van der Waals surface area contributed by atoms with Gasteiger partial charge in [-0.05, 0) is 6.42 Å². The van der Waals surface area contributed by atoms with Crippen LogP contribution in [0.1, 0.15) is 12.0 Å². The zero-order valence-corrected chi connectivity index (χ0v) is 10.9. The Morgan fingerprint density at radius 1 is 1.67 bits per heavy atom. The van der Waals surface area contributed by atoms with Crippen LogP contribution in [0.2, 0.25) is 0 Å². The number of aromatic nitrogens is 2. The standard InChI is InChI=1S/C10H16N4O3S/c1-14-5-8(4-11)9(13-14)12-10(15)7-2-3-18(16,17)6-7/h5,7H,2-4,6,11H2,1H3,(H,12,13,15). The molecule has 2 rings (SSSR count). The van der Waals surface area contributed by atoms with E-state index in [1.165, 1.54) is 0 Å². The van der Waals surface area contributed by atoms with E-state index < -0.39 is 15.8 Å². The van der Waals surface area contributed by atoms with Gasteiger partial charge in [0.05, 0.1) is 17.4 Å². The van der Waals surface area contributed by atoms with Crippen LogP contribution in [0, 0.1) is 5.92 Å². The van der Waals surface area contributed by atoms with Gasteiger partial charge in [-0.3, -0.25) is 9.48 Å². The van der Waals surface area contributed by atoms with Gasteiger partial charge < -0.3 is 11.1 Å². The zero-order chi connectivity index (χ0) is 13.3. The van der Waals surface area contributed by atoms with Crippen LogP contribution in [0.4, 0.5) is 5.82 Å². The minimum absolute atomic E-state index is 0.0797. The van der Waals surface area contributed by atoms with E-state index in [1.54, 1.807) is 17.9 Å². The maximum absolute atomic E-state index is 11.9. The molecule has 1 unspecified atom stereocenters. The second-order valence-corrected chi connectivity index (χ2v) is 6.70. The first kappa shape index (κ1) is 13.0. The van der Waals surface area contributed by atoms with Crippen molar-refractivity contribution in [3.05, 3.63) is 11.8 Å². The fourth-order valence-corrected chi connectivity index (χ4v) is 3.75. The van der Waals surface area contributed by atoms with Gasteiger partial charge in [0.15, 0.2) is 15.7 Å². The van der Waals surface area contributed by atoms with Crippen LogP contribution in [-0.4, -0.2) is 35.6 Å². The monoisotopic (exact) mass is 272 g/mol. The predicted molar refractivity (Wildman–Crippen MR) is 66.5 cm³/mol. The number of aryl methyl sites for hydroxylation is 1. The van der Waals surface area contributed by atoms with E-state index in [9.17, 15) is 13.2 Å². The Morgan fingerprint density at radius 3 is 2.94 bits per heavy atom. The molecule has 0 saturated carbocycles. The molecule has 1 aliphatic heterocycles. The summed E-state index contributed by atoms with van der Waals surface area (Å²) in [5.41, 5.74) is 6.26. The Morgan fingerprint density at radius 2 is 2.39 bits per heavy atom. The summed E-state index contributed by atoms with van der Waals surface area (Å²) in [6.45, 7) is 0.270. The molecule has 1 amide bonds. The minimum Gasteiger partial charge on any atom is -0.326 e. The van der Waals surface area contributed by atoms with Crippen molar-refractivity contribution >= 4 is 21.6 Å².